The first-order valence-corrected chi connectivity index (χ1v) is 5.85. The summed E-state index contributed by atoms with van der Waals surface area (Å²) in [6, 6.07) is 0. The molecule has 0 bridgehead atoms. The van der Waals surface area contributed by atoms with Crippen LogP contribution in [0.3, 0.4) is 0 Å². The second-order valence-corrected chi connectivity index (χ2v) is 4.71. The van der Waals surface area contributed by atoms with E-state index >= 15 is 0 Å². The highest BCUT2D eigenvalue weighted by Crippen LogP contribution is 2.36. The van der Waals surface area contributed by atoms with Crippen molar-refractivity contribution in [2.24, 2.45) is 5.41 Å². The Hall–Kier alpha value is -1.10. The molecule has 0 aromatic rings. The largest absolute Gasteiger partial charge is 0.468 e. The van der Waals surface area contributed by atoms with E-state index in [1.165, 1.54) is 14.2 Å². The standard InChI is InChI=1S/C12H17BrO4/c1-5-6-7-12(8-9(2)13,10(14)16-3)11(15)17-4/h5H,1-2,6-8H2,3-4H3. The molecule has 0 N–H and O–H groups in total. The molecule has 96 valence electrons. The second-order valence-electron chi connectivity index (χ2n) is 3.59. The van der Waals surface area contributed by atoms with E-state index in [4.69, 9.17) is 9.47 Å². The summed E-state index contributed by atoms with van der Waals surface area (Å²) < 4.78 is 9.94. The summed E-state index contributed by atoms with van der Waals surface area (Å²) in [5.74, 6) is -1.24. The normalized spacial score (nSPS) is 10.5. The van der Waals surface area contributed by atoms with Gasteiger partial charge in [0, 0.05) is 6.42 Å². The number of halogens is 1. The molecule has 0 aromatic heterocycles. The van der Waals surface area contributed by atoms with Crippen molar-refractivity contribution in [1.29, 1.82) is 0 Å². The average Bonchev–Trinajstić information content (AvgIpc) is 2.31. The van der Waals surface area contributed by atoms with Gasteiger partial charge in [0.05, 0.1) is 14.2 Å². The highest BCUT2D eigenvalue weighted by atomic mass is 79.9. The van der Waals surface area contributed by atoms with Crippen LogP contribution in [0, 0.1) is 5.41 Å². The van der Waals surface area contributed by atoms with E-state index in [1.807, 2.05) is 0 Å². The van der Waals surface area contributed by atoms with Gasteiger partial charge in [0.1, 0.15) is 0 Å². The molecule has 0 aromatic carbocycles. The lowest BCUT2D eigenvalue weighted by Gasteiger charge is -2.27. The molecule has 0 aliphatic rings. The van der Waals surface area contributed by atoms with Crippen LogP contribution in [0.25, 0.3) is 0 Å². The minimum absolute atomic E-state index is 0.139. The zero-order valence-electron chi connectivity index (χ0n) is 10.1. The number of carbonyl (C=O) groups is 2. The Balaban J connectivity index is 5.33. The predicted molar refractivity (Wildman–Crippen MR) is 68.6 cm³/mol. The van der Waals surface area contributed by atoms with E-state index in [9.17, 15) is 9.59 Å². The lowest BCUT2D eigenvalue weighted by molar-refractivity contribution is -0.169. The molecule has 0 unspecified atom stereocenters. The van der Waals surface area contributed by atoms with Crippen LogP contribution in [0.15, 0.2) is 23.7 Å². The van der Waals surface area contributed by atoms with Gasteiger partial charge in [0.25, 0.3) is 0 Å². The predicted octanol–water partition coefficient (Wildman–Crippen LogP) is 2.58. The molecule has 0 heterocycles. The fraction of sp³-hybridized carbons (Fsp3) is 0.500. The van der Waals surface area contributed by atoms with Crippen molar-refractivity contribution in [2.75, 3.05) is 14.2 Å². The summed E-state index contributed by atoms with van der Waals surface area (Å²) in [4.78, 5) is 23.7. The Morgan fingerprint density at radius 3 is 2.06 bits per heavy atom. The van der Waals surface area contributed by atoms with Crippen LogP contribution < -0.4 is 0 Å². The molecule has 0 saturated heterocycles. The van der Waals surface area contributed by atoms with Crippen LogP contribution in [0.2, 0.25) is 0 Å². The Labute approximate surface area is 110 Å². The Kier molecular flexibility index (Phi) is 6.80. The summed E-state index contributed by atoms with van der Waals surface area (Å²) in [5, 5.41) is 0. The summed E-state index contributed by atoms with van der Waals surface area (Å²) in [6.45, 7) is 7.23. The Morgan fingerprint density at radius 1 is 1.29 bits per heavy atom. The zero-order valence-corrected chi connectivity index (χ0v) is 11.7. The number of carbonyl (C=O) groups excluding carboxylic acids is 2. The van der Waals surface area contributed by atoms with Gasteiger partial charge < -0.3 is 9.47 Å². The van der Waals surface area contributed by atoms with Crippen molar-refractivity contribution >= 4 is 27.9 Å². The van der Waals surface area contributed by atoms with Gasteiger partial charge in [-0.2, -0.15) is 0 Å². The van der Waals surface area contributed by atoms with Crippen molar-refractivity contribution in [3.63, 3.8) is 0 Å². The van der Waals surface area contributed by atoms with E-state index in [-0.39, 0.29) is 12.8 Å². The van der Waals surface area contributed by atoms with E-state index < -0.39 is 17.4 Å². The van der Waals surface area contributed by atoms with Crippen molar-refractivity contribution in [3.8, 4) is 0 Å². The van der Waals surface area contributed by atoms with Gasteiger partial charge >= 0.3 is 11.9 Å². The number of allylic oxidation sites excluding steroid dienone is 2. The van der Waals surface area contributed by atoms with E-state index in [0.717, 1.165) is 0 Å². The molecule has 5 heteroatoms. The summed E-state index contributed by atoms with van der Waals surface area (Å²) >= 11 is 3.16. The van der Waals surface area contributed by atoms with Crippen molar-refractivity contribution in [2.45, 2.75) is 19.3 Å². The fourth-order valence-corrected chi connectivity index (χ4v) is 2.07. The summed E-state index contributed by atoms with van der Waals surface area (Å²) in [6.07, 6.45) is 2.56. The maximum Gasteiger partial charge on any atom is 0.323 e. The third kappa shape index (κ3) is 4.00. The molecule has 0 aliphatic heterocycles. The van der Waals surface area contributed by atoms with E-state index in [1.54, 1.807) is 6.08 Å². The molecule has 0 amide bonds. The van der Waals surface area contributed by atoms with Crippen LogP contribution in [-0.4, -0.2) is 26.2 Å². The van der Waals surface area contributed by atoms with E-state index in [2.05, 4.69) is 29.1 Å². The van der Waals surface area contributed by atoms with Gasteiger partial charge in [-0.15, -0.1) is 6.58 Å². The molecule has 0 radical (unpaired) electrons. The van der Waals surface area contributed by atoms with Gasteiger partial charge in [0.2, 0.25) is 0 Å². The van der Waals surface area contributed by atoms with Crippen LogP contribution >= 0.6 is 15.9 Å². The molecule has 17 heavy (non-hydrogen) atoms. The number of hydrogen-bond donors (Lipinski definition) is 0. The molecule has 0 atom stereocenters. The number of methoxy groups -OCH3 is 2. The maximum atomic E-state index is 11.9. The molecular formula is C12H17BrO4. The molecule has 0 aliphatic carbocycles. The minimum atomic E-state index is -1.35. The third-order valence-electron chi connectivity index (χ3n) is 2.42. The second kappa shape index (κ2) is 7.27. The fourth-order valence-electron chi connectivity index (χ4n) is 1.59. The van der Waals surface area contributed by atoms with E-state index in [0.29, 0.717) is 10.9 Å². The molecule has 0 spiro atoms. The summed E-state index contributed by atoms with van der Waals surface area (Å²) in [7, 11) is 2.48. The maximum absolute atomic E-state index is 11.9. The first kappa shape index (κ1) is 15.9. The number of hydrogen-bond acceptors (Lipinski definition) is 4. The quantitative estimate of drug-likeness (QED) is 0.412. The van der Waals surface area contributed by atoms with Crippen molar-refractivity contribution < 1.29 is 19.1 Å². The van der Waals surface area contributed by atoms with Gasteiger partial charge in [-0.25, -0.2) is 0 Å². The lowest BCUT2D eigenvalue weighted by atomic mass is 9.80. The Bertz CT molecular complexity index is 306. The monoisotopic (exact) mass is 304 g/mol. The Morgan fingerprint density at radius 2 is 1.76 bits per heavy atom. The number of rotatable bonds is 7. The number of ether oxygens (including phenoxy) is 2. The molecule has 4 nitrogen and oxygen atoms in total. The highest BCUT2D eigenvalue weighted by molar-refractivity contribution is 9.11. The third-order valence-corrected chi connectivity index (χ3v) is 2.70. The number of esters is 2. The van der Waals surface area contributed by atoms with Gasteiger partial charge in [0.15, 0.2) is 5.41 Å². The van der Waals surface area contributed by atoms with Crippen LogP contribution in [-0.2, 0) is 19.1 Å². The van der Waals surface area contributed by atoms with Gasteiger partial charge in [-0.3, -0.25) is 9.59 Å². The van der Waals surface area contributed by atoms with Gasteiger partial charge in [-0.05, 0) is 17.3 Å². The smallest absolute Gasteiger partial charge is 0.323 e. The molecule has 0 saturated carbocycles. The van der Waals surface area contributed by atoms with Crippen molar-refractivity contribution in [1.82, 2.24) is 0 Å². The zero-order chi connectivity index (χ0) is 13.5. The molecular weight excluding hydrogens is 288 g/mol. The summed E-state index contributed by atoms with van der Waals surface area (Å²) in [5.41, 5.74) is -1.35. The highest BCUT2D eigenvalue weighted by Gasteiger charge is 2.47. The SMILES string of the molecule is C=CCCC(CC(=C)Br)(C(=O)OC)C(=O)OC. The topological polar surface area (TPSA) is 52.6 Å². The van der Waals surface area contributed by atoms with Crippen LogP contribution in [0.4, 0.5) is 0 Å². The van der Waals surface area contributed by atoms with Crippen LogP contribution in [0.1, 0.15) is 19.3 Å². The minimum Gasteiger partial charge on any atom is -0.468 e. The molecule has 0 fully saturated rings. The molecule has 0 rings (SSSR count). The first-order valence-electron chi connectivity index (χ1n) is 5.05. The average molecular weight is 305 g/mol. The van der Waals surface area contributed by atoms with Crippen molar-refractivity contribution in [3.05, 3.63) is 23.7 Å². The first-order chi connectivity index (χ1) is 7.94. The van der Waals surface area contributed by atoms with Crippen LogP contribution in [0.5, 0.6) is 0 Å². The lowest BCUT2D eigenvalue weighted by Crippen LogP contribution is -2.41. The van der Waals surface area contributed by atoms with Gasteiger partial charge in [-0.1, -0.05) is 28.6 Å².